The molecule has 2 heterocycles. The highest BCUT2D eigenvalue weighted by Gasteiger charge is 2.17. The molecule has 6 nitrogen and oxygen atoms in total. The van der Waals surface area contributed by atoms with E-state index in [2.05, 4.69) is 15.2 Å². The van der Waals surface area contributed by atoms with Crippen LogP contribution in [0.25, 0.3) is 0 Å². The summed E-state index contributed by atoms with van der Waals surface area (Å²) >= 11 is 0. The van der Waals surface area contributed by atoms with Crippen LogP contribution in [0.5, 0.6) is 0 Å². The third-order valence-corrected chi connectivity index (χ3v) is 2.54. The lowest BCUT2D eigenvalue weighted by molar-refractivity contribution is 0.514. The van der Waals surface area contributed by atoms with Gasteiger partial charge in [0.15, 0.2) is 0 Å². The van der Waals surface area contributed by atoms with Crippen LogP contribution in [-0.2, 0) is 7.05 Å². The SMILES string of the molecule is Cc1nc(C)n(C(CN)c2cnn(C)c2)n1. The van der Waals surface area contributed by atoms with Gasteiger partial charge in [0.1, 0.15) is 11.6 Å². The minimum absolute atomic E-state index is 0.00917. The summed E-state index contributed by atoms with van der Waals surface area (Å²) in [5.74, 6) is 1.64. The highest BCUT2D eigenvalue weighted by molar-refractivity contribution is 5.13. The fourth-order valence-corrected chi connectivity index (χ4v) is 1.82. The Morgan fingerprint density at radius 1 is 1.44 bits per heavy atom. The fraction of sp³-hybridized carbons (Fsp3) is 0.500. The summed E-state index contributed by atoms with van der Waals surface area (Å²) in [4.78, 5) is 4.28. The van der Waals surface area contributed by atoms with Crippen LogP contribution in [0, 0.1) is 13.8 Å². The van der Waals surface area contributed by atoms with Gasteiger partial charge in [-0.05, 0) is 13.8 Å². The molecule has 86 valence electrons. The number of rotatable bonds is 3. The van der Waals surface area contributed by atoms with Gasteiger partial charge >= 0.3 is 0 Å². The Morgan fingerprint density at radius 2 is 2.19 bits per heavy atom. The molecule has 0 spiro atoms. The van der Waals surface area contributed by atoms with Gasteiger partial charge in [-0.2, -0.15) is 10.2 Å². The maximum atomic E-state index is 5.80. The molecule has 0 radical (unpaired) electrons. The molecule has 2 N–H and O–H groups in total. The lowest BCUT2D eigenvalue weighted by Gasteiger charge is -2.14. The summed E-state index contributed by atoms with van der Waals surface area (Å²) in [6, 6.07) is 0.00917. The molecule has 0 fully saturated rings. The zero-order valence-electron chi connectivity index (χ0n) is 9.75. The van der Waals surface area contributed by atoms with Crippen molar-refractivity contribution >= 4 is 0 Å². The Hall–Kier alpha value is -1.69. The first-order valence-corrected chi connectivity index (χ1v) is 5.20. The van der Waals surface area contributed by atoms with E-state index in [1.54, 1.807) is 4.68 Å². The lowest BCUT2D eigenvalue weighted by Crippen LogP contribution is -2.22. The van der Waals surface area contributed by atoms with Gasteiger partial charge in [-0.3, -0.25) is 4.68 Å². The van der Waals surface area contributed by atoms with Crippen molar-refractivity contribution in [1.29, 1.82) is 0 Å². The van der Waals surface area contributed by atoms with E-state index < -0.39 is 0 Å². The highest BCUT2D eigenvalue weighted by atomic mass is 15.4. The van der Waals surface area contributed by atoms with Crippen molar-refractivity contribution in [2.75, 3.05) is 6.54 Å². The summed E-state index contributed by atoms with van der Waals surface area (Å²) in [7, 11) is 1.89. The Balaban J connectivity index is 2.40. The predicted octanol–water partition coefficient (Wildman–Crippen LogP) is 0.177. The molecular weight excluding hydrogens is 204 g/mol. The largest absolute Gasteiger partial charge is 0.328 e. The number of nitrogens with zero attached hydrogens (tertiary/aromatic N) is 5. The zero-order valence-corrected chi connectivity index (χ0v) is 9.75. The van der Waals surface area contributed by atoms with Gasteiger partial charge in [0.2, 0.25) is 0 Å². The molecule has 16 heavy (non-hydrogen) atoms. The molecule has 0 aromatic carbocycles. The molecule has 0 amide bonds. The molecule has 0 aliphatic rings. The molecule has 2 aromatic heterocycles. The quantitative estimate of drug-likeness (QED) is 0.800. The van der Waals surface area contributed by atoms with Crippen LogP contribution in [0.2, 0.25) is 0 Å². The molecule has 0 bridgehead atoms. The van der Waals surface area contributed by atoms with E-state index in [1.807, 2.05) is 38.0 Å². The molecule has 0 saturated heterocycles. The molecule has 1 atom stereocenters. The van der Waals surface area contributed by atoms with Crippen molar-refractivity contribution in [2.45, 2.75) is 19.9 Å². The molecule has 2 aromatic rings. The van der Waals surface area contributed by atoms with Gasteiger partial charge in [0.05, 0.1) is 12.2 Å². The molecular formula is C10H16N6. The van der Waals surface area contributed by atoms with Crippen molar-refractivity contribution in [3.05, 3.63) is 29.6 Å². The van der Waals surface area contributed by atoms with Crippen LogP contribution < -0.4 is 5.73 Å². The van der Waals surface area contributed by atoms with E-state index >= 15 is 0 Å². The van der Waals surface area contributed by atoms with Crippen molar-refractivity contribution in [1.82, 2.24) is 24.5 Å². The van der Waals surface area contributed by atoms with Gasteiger partial charge in [-0.1, -0.05) is 0 Å². The number of hydrogen-bond donors (Lipinski definition) is 1. The molecule has 2 rings (SSSR count). The fourth-order valence-electron chi connectivity index (χ4n) is 1.82. The number of aryl methyl sites for hydroxylation is 3. The maximum absolute atomic E-state index is 5.80. The lowest BCUT2D eigenvalue weighted by atomic mass is 10.1. The summed E-state index contributed by atoms with van der Waals surface area (Å²) < 4.78 is 3.61. The summed E-state index contributed by atoms with van der Waals surface area (Å²) in [5.41, 5.74) is 6.85. The van der Waals surface area contributed by atoms with Crippen molar-refractivity contribution in [2.24, 2.45) is 12.8 Å². The molecule has 6 heteroatoms. The number of aromatic nitrogens is 5. The van der Waals surface area contributed by atoms with Gasteiger partial charge in [0.25, 0.3) is 0 Å². The van der Waals surface area contributed by atoms with Gasteiger partial charge in [-0.15, -0.1) is 0 Å². The topological polar surface area (TPSA) is 74.6 Å². The second kappa shape index (κ2) is 4.05. The molecule has 0 aliphatic heterocycles. The Kier molecular flexibility index (Phi) is 2.74. The maximum Gasteiger partial charge on any atom is 0.147 e. The van der Waals surface area contributed by atoms with Gasteiger partial charge in [0, 0.05) is 25.4 Å². The van der Waals surface area contributed by atoms with Crippen LogP contribution in [0.4, 0.5) is 0 Å². The monoisotopic (exact) mass is 220 g/mol. The van der Waals surface area contributed by atoms with Crippen LogP contribution in [0.15, 0.2) is 12.4 Å². The average Bonchev–Trinajstić information content (AvgIpc) is 2.76. The molecule has 0 aliphatic carbocycles. The average molecular weight is 220 g/mol. The third kappa shape index (κ3) is 1.83. The standard InChI is InChI=1S/C10H16N6/c1-7-13-8(2)16(14-7)10(4-11)9-5-12-15(3)6-9/h5-6,10H,4,11H2,1-3H3. The second-order valence-electron chi connectivity index (χ2n) is 3.85. The summed E-state index contributed by atoms with van der Waals surface area (Å²) in [5, 5.41) is 8.50. The van der Waals surface area contributed by atoms with Crippen molar-refractivity contribution in [3.8, 4) is 0 Å². The number of nitrogens with two attached hydrogens (primary N) is 1. The Morgan fingerprint density at radius 3 is 2.62 bits per heavy atom. The minimum atomic E-state index is 0.00917. The first-order chi connectivity index (χ1) is 7.61. The zero-order chi connectivity index (χ0) is 11.7. The van der Waals surface area contributed by atoms with E-state index in [-0.39, 0.29) is 6.04 Å². The first kappa shape index (κ1) is 10.8. The third-order valence-electron chi connectivity index (χ3n) is 2.54. The molecule has 0 saturated carbocycles. The normalized spacial score (nSPS) is 13.0. The number of hydrogen-bond acceptors (Lipinski definition) is 4. The van der Waals surface area contributed by atoms with Gasteiger partial charge < -0.3 is 5.73 Å². The van der Waals surface area contributed by atoms with E-state index in [4.69, 9.17) is 5.73 Å². The van der Waals surface area contributed by atoms with Crippen molar-refractivity contribution < 1.29 is 0 Å². The van der Waals surface area contributed by atoms with E-state index in [0.717, 1.165) is 17.2 Å². The second-order valence-corrected chi connectivity index (χ2v) is 3.85. The van der Waals surface area contributed by atoms with Crippen LogP contribution in [0.3, 0.4) is 0 Å². The smallest absolute Gasteiger partial charge is 0.147 e. The van der Waals surface area contributed by atoms with E-state index in [0.29, 0.717) is 6.54 Å². The first-order valence-electron chi connectivity index (χ1n) is 5.20. The Labute approximate surface area is 94.1 Å². The van der Waals surface area contributed by atoms with Gasteiger partial charge in [-0.25, -0.2) is 9.67 Å². The highest BCUT2D eigenvalue weighted by Crippen LogP contribution is 2.16. The minimum Gasteiger partial charge on any atom is -0.328 e. The van der Waals surface area contributed by atoms with Crippen LogP contribution >= 0.6 is 0 Å². The summed E-state index contributed by atoms with van der Waals surface area (Å²) in [6.45, 7) is 4.29. The predicted molar refractivity (Wildman–Crippen MR) is 59.9 cm³/mol. The Bertz CT molecular complexity index is 483. The van der Waals surface area contributed by atoms with Crippen molar-refractivity contribution in [3.63, 3.8) is 0 Å². The molecule has 1 unspecified atom stereocenters. The van der Waals surface area contributed by atoms with E-state index in [9.17, 15) is 0 Å². The van der Waals surface area contributed by atoms with Crippen LogP contribution in [0.1, 0.15) is 23.3 Å². The summed E-state index contributed by atoms with van der Waals surface area (Å²) in [6.07, 6.45) is 3.77. The van der Waals surface area contributed by atoms with Crippen LogP contribution in [-0.4, -0.2) is 31.1 Å². The van der Waals surface area contributed by atoms with E-state index in [1.165, 1.54) is 0 Å².